The van der Waals surface area contributed by atoms with Crippen LogP contribution in [0.1, 0.15) is 35.0 Å². The summed E-state index contributed by atoms with van der Waals surface area (Å²) in [6, 6.07) is 4.58. The zero-order valence-electron chi connectivity index (χ0n) is 11.6. The maximum atomic E-state index is 13.3. The fraction of sp³-hybridized carbons (Fsp3) is 0.400. The van der Waals surface area contributed by atoms with Gasteiger partial charge in [0.1, 0.15) is 5.82 Å². The highest BCUT2D eigenvalue weighted by atomic mass is 32.1. The molecule has 3 nitrogen and oxygen atoms in total. The van der Waals surface area contributed by atoms with Crippen molar-refractivity contribution in [2.24, 2.45) is 0 Å². The Morgan fingerprint density at radius 2 is 2.25 bits per heavy atom. The number of carbonyl (C=O) groups is 1. The molecule has 1 aromatic heterocycles. The van der Waals surface area contributed by atoms with Gasteiger partial charge in [-0.05, 0) is 55.8 Å². The van der Waals surface area contributed by atoms with Crippen molar-refractivity contribution in [1.82, 2.24) is 5.32 Å². The van der Waals surface area contributed by atoms with Crippen LogP contribution in [-0.4, -0.2) is 23.7 Å². The predicted octanol–water partition coefficient (Wildman–Crippen LogP) is 3.24. The van der Waals surface area contributed by atoms with Gasteiger partial charge in [0.2, 0.25) is 0 Å². The third kappa shape index (κ3) is 3.16. The summed E-state index contributed by atoms with van der Waals surface area (Å²) in [6.45, 7) is 3.88. The van der Waals surface area contributed by atoms with Crippen molar-refractivity contribution in [3.8, 4) is 0 Å². The quantitative estimate of drug-likeness (QED) is 0.889. The second-order valence-corrected chi connectivity index (χ2v) is 5.99. The van der Waals surface area contributed by atoms with Gasteiger partial charge in [-0.1, -0.05) is 0 Å². The number of hydrogen-bond donors (Lipinski definition) is 2. The zero-order chi connectivity index (χ0) is 14.7. The van der Waals surface area contributed by atoms with E-state index in [1.807, 2.05) is 13.8 Å². The van der Waals surface area contributed by atoms with Crippen LogP contribution in [0.3, 0.4) is 0 Å². The van der Waals surface area contributed by atoms with Crippen LogP contribution in [0.2, 0.25) is 0 Å². The first-order valence-electron chi connectivity index (χ1n) is 6.63. The molecule has 1 unspecified atom stereocenters. The smallest absolute Gasteiger partial charge is 0.261 e. The largest absolute Gasteiger partial charge is 0.396 e. The third-order valence-electron chi connectivity index (χ3n) is 3.28. The Kier molecular flexibility index (Phi) is 4.73. The summed E-state index contributed by atoms with van der Waals surface area (Å²) in [7, 11) is 0. The molecule has 0 spiro atoms. The summed E-state index contributed by atoms with van der Waals surface area (Å²) in [6.07, 6.45) is 1.40. The Morgan fingerprint density at radius 3 is 2.95 bits per heavy atom. The lowest BCUT2D eigenvalue weighted by molar-refractivity contribution is 0.0940. The van der Waals surface area contributed by atoms with Gasteiger partial charge in [-0.15, -0.1) is 11.3 Å². The van der Waals surface area contributed by atoms with Crippen molar-refractivity contribution in [1.29, 1.82) is 0 Å². The lowest BCUT2D eigenvalue weighted by Crippen LogP contribution is -2.32. The molecular weight excluding hydrogens is 277 g/mol. The molecule has 0 fully saturated rings. The van der Waals surface area contributed by atoms with E-state index in [9.17, 15) is 9.18 Å². The summed E-state index contributed by atoms with van der Waals surface area (Å²) in [5, 5.41) is 12.5. The van der Waals surface area contributed by atoms with E-state index in [2.05, 4.69) is 5.32 Å². The summed E-state index contributed by atoms with van der Waals surface area (Å²) < 4.78 is 14.2. The molecule has 108 valence electrons. The lowest BCUT2D eigenvalue weighted by Gasteiger charge is -2.12. The summed E-state index contributed by atoms with van der Waals surface area (Å²) >= 11 is 1.38. The summed E-state index contributed by atoms with van der Waals surface area (Å²) in [5.41, 5.74) is 0.816. The number of carbonyl (C=O) groups excluding carboxylic acids is 1. The van der Waals surface area contributed by atoms with Crippen molar-refractivity contribution >= 4 is 27.3 Å². The van der Waals surface area contributed by atoms with Crippen LogP contribution >= 0.6 is 11.3 Å². The van der Waals surface area contributed by atoms with E-state index in [-0.39, 0.29) is 24.4 Å². The molecule has 0 saturated heterocycles. The molecule has 2 N–H and O–H groups in total. The van der Waals surface area contributed by atoms with E-state index in [4.69, 9.17) is 5.11 Å². The molecule has 0 radical (unpaired) electrons. The maximum absolute atomic E-state index is 13.3. The average molecular weight is 295 g/mol. The third-order valence-corrected chi connectivity index (χ3v) is 4.55. The summed E-state index contributed by atoms with van der Waals surface area (Å²) in [4.78, 5) is 12.9. The molecule has 5 heteroatoms. The first kappa shape index (κ1) is 14.9. The number of rotatable bonds is 5. The molecule has 0 saturated carbocycles. The number of aliphatic hydroxyl groups excluding tert-OH is 1. The van der Waals surface area contributed by atoms with E-state index in [1.54, 1.807) is 6.07 Å². The van der Waals surface area contributed by atoms with Crippen LogP contribution in [0.15, 0.2) is 18.2 Å². The lowest BCUT2D eigenvalue weighted by atomic mass is 10.1. The molecular formula is C15H18FNO2S. The molecule has 2 rings (SSSR count). The highest BCUT2D eigenvalue weighted by Crippen LogP contribution is 2.31. The number of aryl methyl sites for hydroxylation is 1. The number of aliphatic hydroxyl groups is 1. The monoisotopic (exact) mass is 295 g/mol. The van der Waals surface area contributed by atoms with Crippen molar-refractivity contribution < 1.29 is 14.3 Å². The molecule has 1 aromatic carbocycles. The van der Waals surface area contributed by atoms with Gasteiger partial charge >= 0.3 is 0 Å². The van der Waals surface area contributed by atoms with Crippen molar-refractivity contribution in [2.75, 3.05) is 6.61 Å². The van der Waals surface area contributed by atoms with Gasteiger partial charge in [0.05, 0.1) is 4.88 Å². The van der Waals surface area contributed by atoms with Gasteiger partial charge < -0.3 is 10.4 Å². The van der Waals surface area contributed by atoms with Crippen molar-refractivity contribution in [3.05, 3.63) is 34.5 Å². The molecule has 0 bridgehead atoms. The van der Waals surface area contributed by atoms with E-state index in [1.165, 1.54) is 23.5 Å². The average Bonchev–Trinajstić information content (AvgIpc) is 2.74. The Morgan fingerprint density at radius 1 is 1.50 bits per heavy atom. The van der Waals surface area contributed by atoms with E-state index in [0.29, 0.717) is 11.3 Å². The first-order valence-corrected chi connectivity index (χ1v) is 7.45. The van der Waals surface area contributed by atoms with Gasteiger partial charge in [0.25, 0.3) is 5.91 Å². The fourth-order valence-corrected chi connectivity index (χ4v) is 3.26. The highest BCUT2D eigenvalue weighted by Gasteiger charge is 2.17. The number of fused-ring (bicyclic) bond motifs is 1. The SMILES string of the molecule is Cc1c(C(=O)NC(C)CCCO)sc2ccc(F)cc12. The standard InChI is InChI=1S/C15H18FNO2S/c1-9(4-3-7-18)17-15(19)14-10(2)12-8-11(16)5-6-13(12)20-14/h5-6,8-9,18H,3-4,7H2,1-2H3,(H,17,19). The molecule has 1 atom stereocenters. The summed E-state index contributed by atoms with van der Waals surface area (Å²) in [5.74, 6) is -0.420. The Bertz CT molecular complexity index is 624. The van der Waals surface area contributed by atoms with Gasteiger partial charge in [-0.25, -0.2) is 4.39 Å². The first-order chi connectivity index (χ1) is 9.52. The number of halogens is 1. The van der Waals surface area contributed by atoms with Crippen LogP contribution in [0.4, 0.5) is 4.39 Å². The second kappa shape index (κ2) is 6.33. The Balaban J connectivity index is 2.20. The minimum Gasteiger partial charge on any atom is -0.396 e. The molecule has 2 aromatic rings. The van der Waals surface area contributed by atoms with Gasteiger partial charge in [-0.3, -0.25) is 4.79 Å². The number of benzene rings is 1. The van der Waals surface area contributed by atoms with E-state index >= 15 is 0 Å². The van der Waals surface area contributed by atoms with Crippen LogP contribution in [0, 0.1) is 12.7 Å². The number of hydrogen-bond acceptors (Lipinski definition) is 3. The molecule has 20 heavy (non-hydrogen) atoms. The van der Waals surface area contributed by atoms with Crippen molar-refractivity contribution in [2.45, 2.75) is 32.7 Å². The van der Waals surface area contributed by atoms with Crippen molar-refractivity contribution in [3.63, 3.8) is 0 Å². The van der Waals surface area contributed by atoms with Crippen LogP contribution in [0.25, 0.3) is 10.1 Å². The van der Waals surface area contributed by atoms with Crippen LogP contribution in [-0.2, 0) is 0 Å². The normalized spacial score (nSPS) is 12.6. The maximum Gasteiger partial charge on any atom is 0.261 e. The van der Waals surface area contributed by atoms with Gasteiger partial charge in [0, 0.05) is 17.3 Å². The molecule has 0 aliphatic heterocycles. The Hall–Kier alpha value is -1.46. The van der Waals surface area contributed by atoms with E-state index < -0.39 is 0 Å². The minimum absolute atomic E-state index is 0.0102. The zero-order valence-corrected chi connectivity index (χ0v) is 12.4. The highest BCUT2D eigenvalue weighted by molar-refractivity contribution is 7.21. The molecule has 0 aliphatic carbocycles. The number of nitrogens with one attached hydrogen (secondary N) is 1. The van der Waals surface area contributed by atoms with Crippen LogP contribution in [0.5, 0.6) is 0 Å². The Labute approximate surface area is 121 Å². The molecule has 0 aliphatic rings. The topological polar surface area (TPSA) is 49.3 Å². The van der Waals surface area contributed by atoms with Gasteiger partial charge in [0.15, 0.2) is 0 Å². The number of thiophene rings is 1. The minimum atomic E-state index is -0.290. The van der Waals surface area contributed by atoms with Crippen LogP contribution < -0.4 is 5.32 Å². The fourth-order valence-electron chi connectivity index (χ4n) is 2.17. The number of amides is 1. The molecule has 1 heterocycles. The van der Waals surface area contributed by atoms with Gasteiger partial charge in [-0.2, -0.15) is 0 Å². The second-order valence-electron chi connectivity index (χ2n) is 4.94. The predicted molar refractivity (Wildman–Crippen MR) is 79.8 cm³/mol. The van der Waals surface area contributed by atoms with E-state index in [0.717, 1.165) is 22.1 Å². The molecule has 1 amide bonds.